The fourth-order valence-corrected chi connectivity index (χ4v) is 4.03. The molecule has 2 amide bonds. The number of piperidine rings is 2. The molecule has 0 unspecified atom stereocenters. The Morgan fingerprint density at radius 1 is 1.32 bits per heavy atom. The predicted octanol–water partition coefficient (Wildman–Crippen LogP) is 1.36. The quantitative estimate of drug-likeness (QED) is 0.896. The van der Waals surface area contributed by atoms with E-state index in [1.165, 1.54) is 0 Å². The van der Waals surface area contributed by atoms with E-state index >= 15 is 0 Å². The van der Waals surface area contributed by atoms with Gasteiger partial charge in [0.15, 0.2) is 0 Å². The molecule has 2 atom stereocenters. The number of nitrogens with two attached hydrogens (primary N) is 1. The zero-order valence-electron chi connectivity index (χ0n) is 14.4. The third-order valence-electron chi connectivity index (χ3n) is 5.31. The molecule has 2 heterocycles. The molecule has 2 fully saturated rings. The molecule has 1 aromatic carbocycles. The Kier molecular flexibility index (Phi) is 5.34. The fourth-order valence-electron chi connectivity index (χ4n) is 4.03. The molecule has 0 radical (unpaired) electrons. The molecule has 0 spiro atoms. The Hall–Kier alpha value is -2.39. The number of carbonyl (C=O) groups is 2. The SMILES string of the molecule is N#Cc1ccccc1C(=O)N1CC[C@@H]2[C@@H](CCC(=O)N2CCCN)C1. The number of nitriles is 1. The molecule has 0 aliphatic carbocycles. The normalized spacial score (nSPS) is 23.1. The van der Waals surface area contributed by atoms with Gasteiger partial charge < -0.3 is 15.5 Å². The van der Waals surface area contributed by atoms with Gasteiger partial charge in [-0.05, 0) is 43.9 Å². The van der Waals surface area contributed by atoms with Crippen molar-refractivity contribution in [3.63, 3.8) is 0 Å². The Morgan fingerprint density at radius 3 is 2.88 bits per heavy atom. The van der Waals surface area contributed by atoms with E-state index in [0.29, 0.717) is 49.6 Å². The Morgan fingerprint density at radius 2 is 2.12 bits per heavy atom. The molecular weight excluding hydrogens is 316 g/mol. The smallest absolute Gasteiger partial charge is 0.255 e. The number of likely N-dealkylation sites (tertiary alicyclic amines) is 2. The number of fused-ring (bicyclic) bond motifs is 1. The lowest BCUT2D eigenvalue weighted by Gasteiger charge is -2.47. The summed E-state index contributed by atoms with van der Waals surface area (Å²) in [5.41, 5.74) is 6.48. The van der Waals surface area contributed by atoms with Crippen LogP contribution in [0.5, 0.6) is 0 Å². The minimum atomic E-state index is -0.0824. The first-order valence-electron chi connectivity index (χ1n) is 8.93. The van der Waals surface area contributed by atoms with Gasteiger partial charge >= 0.3 is 0 Å². The molecule has 0 aromatic heterocycles. The predicted molar refractivity (Wildman–Crippen MR) is 93.6 cm³/mol. The molecule has 2 saturated heterocycles. The second-order valence-corrected chi connectivity index (χ2v) is 6.79. The van der Waals surface area contributed by atoms with Crippen LogP contribution in [-0.4, -0.2) is 53.8 Å². The van der Waals surface area contributed by atoms with Crippen LogP contribution in [-0.2, 0) is 4.79 Å². The van der Waals surface area contributed by atoms with Gasteiger partial charge in [0, 0.05) is 32.1 Å². The lowest BCUT2D eigenvalue weighted by molar-refractivity contribution is -0.140. The van der Waals surface area contributed by atoms with Crippen molar-refractivity contribution < 1.29 is 9.59 Å². The third-order valence-corrected chi connectivity index (χ3v) is 5.31. The maximum Gasteiger partial charge on any atom is 0.255 e. The van der Waals surface area contributed by atoms with Crippen LogP contribution in [0.15, 0.2) is 24.3 Å². The summed E-state index contributed by atoms with van der Waals surface area (Å²) in [4.78, 5) is 28.9. The van der Waals surface area contributed by atoms with Crippen molar-refractivity contribution in [2.45, 2.75) is 31.7 Å². The molecule has 1 aromatic rings. The average Bonchev–Trinajstić information content (AvgIpc) is 2.66. The van der Waals surface area contributed by atoms with Crippen LogP contribution >= 0.6 is 0 Å². The summed E-state index contributed by atoms with van der Waals surface area (Å²) in [7, 11) is 0. The first-order chi connectivity index (χ1) is 12.2. The highest BCUT2D eigenvalue weighted by Gasteiger charge is 2.40. The third kappa shape index (κ3) is 3.52. The first-order valence-corrected chi connectivity index (χ1v) is 8.93. The van der Waals surface area contributed by atoms with E-state index in [4.69, 9.17) is 5.73 Å². The van der Waals surface area contributed by atoms with E-state index < -0.39 is 0 Å². The highest BCUT2D eigenvalue weighted by atomic mass is 16.2. The topological polar surface area (TPSA) is 90.4 Å². The molecule has 0 saturated carbocycles. The summed E-state index contributed by atoms with van der Waals surface area (Å²) in [6, 6.07) is 9.25. The van der Waals surface area contributed by atoms with E-state index in [0.717, 1.165) is 19.3 Å². The van der Waals surface area contributed by atoms with Crippen LogP contribution < -0.4 is 5.73 Å². The summed E-state index contributed by atoms with van der Waals surface area (Å²) < 4.78 is 0. The molecule has 25 heavy (non-hydrogen) atoms. The van der Waals surface area contributed by atoms with Gasteiger partial charge in [0.2, 0.25) is 5.91 Å². The molecule has 2 aliphatic heterocycles. The zero-order valence-corrected chi connectivity index (χ0v) is 14.4. The Balaban J connectivity index is 1.72. The van der Waals surface area contributed by atoms with Crippen molar-refractivity contribution in [1.29, 1.82) is 5.26 Å². The van der Waals surface area contributed by atoms with Crippen LogP contribution in [0.1, 0.15) is 41.6 Å². The Bertz CT molecular complexity index is 697. The molecule has 0 bridgehead atoms. The largest absolute Gasteiger partial charge is 0.339 e. The summed E-state index contributed by atoms with van der Waals surface area (Å²) in [5.74, 6) is 0.438. The van der Waals surface area contributed by atoms with Gasteiger partial charge in [0.25, 0.3) is 5.91 Å². The second kappa shape index (κ2) is 7.66. The van der Waals surface area contributed by atoms with Gasteiger partial charge in [0.1, 0.15) is 0 Å². The van der Waals surface area contributed by atoms with Gasteiger partial charge in [-0.3, -0.25) is 9.59 Å². The van der Waals surface area contributed by atoms with E-state index in [1.807, 2.05) is 9.80 Å². The first kappa shape index (κ1) is 17.4. The minimum Gasteiger partial charge on any atom is -0.339 e. The van der Waals surface area contributed by atoms with Gasteiger partial charge in [-0.25, -0.2) is 0 Å². The zero-order chi connectivity index (χ0) is 17.8. The summed E-state index contributed by atoms with van der Waals surface area (Å²) in [6.07, 6.45) is 2.98. The van der Waals surface area contributed by atoms with Crippen molar-refractivity contribution >= 4 is 11.8 Å². The van der Waals surface area contributed by atoms with Gasteiger partial charge in [-0.2, -0.15) is 5.26 Å². The minimum absolute atomic E-state index is 0.0824. The van der Waals surface area contributed by atoms with Crippen molar-refractivity contribution in [2.75, 3.05) is 26.2 Å². The second-order valence-electron chi connectivity index (χ2n) is 6.79. The molecule has 2 N–H and O–H groups in total. The van der Waals surface area contributed by atoms with Crippen molar-refractivity contribution in [3.8, 4) is 6.07 Å². The molecule has 6 nitrogen and oxygen atoms in total. The number of hydrogen-bond acceptors (Lipinski definition) is 4. The monoisotopic (exact) mass is 340 g/mol. The van der Waals surface area contributed by atoms with Crippen LogP contribution in [0.4, 0.5) is 0 Å². The summed E-state index contributed by atoms with van der Waals surface area (Å²) >= 11 is 0. The maximum absolute atomic E-state index is 12.8. The van der Waals surface area contributed by atoms with Gasteiger partial charge in [0.05, 0.1) is 17.2 Å². The molecule has 132 valence electrons. The molecule has 2 aliphatic rings. The fraction of sp³-hybridized carbons (Fsp3) is 0.526. The number of rotatable bonds is 4. The van der Waals surface area contributed by atoms with Crippen molar-refractivity contribution in [1.82, 2.24) is 9.80 Å². The summed E-state index contributed by atoms with van der Waals surface area (Å²) in [6.45, 7) is 2.56. The van der Waals surface area contributed by atoms with Crippen LogP contribution in [0.2, 0.25) is 0 Å². The number of benzene rings is 1. The van der Waals surface area contributed by atoms with Crippen LogP contribution in [0.25, 0.3) is 0 Å². The number of amides is 2. The summed E-state index contributed by atoms with van der Waals surface area (Å²) in [5, 5.41) is 9.22. The van der Waals surface area contributed by atoms with Crippen LogP contribution in [0, 0.1) is 17.2 Å². The molecule has 6 heteroatoms. The van der Waals surface area contributed by atoms with E-state index in [1.54, 1.807) is 24.3 Å². The highest BCUT2D eigenvalue weighted by Crippen LogP contribution is 2.32. The lowest BCUT2D eigenvalue weighted by Crippen LogP contribution is -2.57. The maximum atomic E-state index is 12.8. The van der Waals surface area contributed by atoms with Crippen LogP contribution in [0.3, 0.4) is 0 Å². The van der Waals surface area contributed by atoms with E-state index in [-0.39, 0.29) is 17.9 Å². The van der Waals surface area contributed by atoms with E-state index in [2.05, 4.69) is 6.07 Å². The molecule has 3 rings (SSSR count). The average molecular weight is 340 g/mol. The van der Waals surface area contributed by atoms with Gasteiger partial charge in [-0.15, -0.1) is 0 Å². The van der Waals surface area contributed by atoms with E-state index in [9.17, 15) is 14.9 Å². The van der Waals surface area contributed by atoms with Crippen molar-refractivity contribution in [3.05, 3.63) is 35.4 Å². The molecular formula is C19H24N4O2. The number of nitrogens with zero attached hydrogens (tertiary/aromatic N) is 3. The number of carbonyl (C=O) groups excluding carboxylic acids is 2. The van der Waals surface area contributed by atoms with Gasteiger partial charge in [-0.1, -0.05) is 12.1 Å². The van der Waals surface area contributed by atoms with Crippen molar-refractivity contribution in [2.24, 2.45) is 11.7 Å². The standard InChI is InChI=1S/C19H24N4O2/c20-9-3-10-23-17-8-11-22(13-15(17)6-7-18(23)24)19(25)16-5-2-1-4-14(16)12-21/h1-2,4-5,15,17H,3,6-11,13,20H2/t15-,17+/m0/s1. The lowest BCUT2D eigenvalue weighted by atomic mass is 9.83. The highest BCUT2D eigenvalue weighted by molar-refractivity contribution is 5.96. The number of hydrogen-bond donors (Lipinski definition) is 1. The Labute approximate surface area is 148 Å².